The molecule has 1 aromatic carbocycles. The number of nitrogens with zero attached hydrogens (tertiary/aromatic N) is 4. The summed E-state index contributed by atoms with van der Waals surface area (Å²) < 4.78 is 6.01. The van der Waals surface area contributed by atoms with Crippen LogP contribution in [0, 0.1) is 11.3 Å². The molecule has 0 bridgehead atoms. The van der Waals surface area contributed by atoms with Crippen molar-refractivity contribution < 1.29 is 9.53 Å². The van der Waals surface area contributed by atoms with Gasteiger partial charge in [0.25, 0.3) is 5.91 Å². The molecule has 0 radical (unpaired) electrons. The SMILES string of the molecule is C[C@@H]1CN(c2ccc(C(=O)NC3CCC(Oc4ccc(C#N)c(Cl)c4)CC3)nn2)CCN1. The van der Waals surface area contributed by atoms with E-state index in [2.05, 4.69) is 32.7 Å². The molecule has 4 rings (SSSR count). The number of hydrogen-bond donors (Lipinski definition) is 2. The molecule has 8 nitrogen and oxygen atoms in total. The van der Waals surface area contributed by atoms with Crippen molar-refractivity contribution in [2.45, 2.75) is 50.8 Å². The van der Waals surface area contributed by atoms with Gasteiger partial charge in [-0.25, -0.2) is 0 Å². The summed E-state index contributed by atoms with van der Waals surface area (Å²) >= 11 is 6.08. The molecule has 1 atom stereocenters. The van der Waals surface area contributed by atoms with Crippen molar-refractivity contribution in [3.63, 3.8) is 0 Å². The second kappa shape index (κ2) is 10.2. The van der Waals surface area contributed by atoms with Gasteiger partial charge in [0.15, 0.2) is 11.5 Å². The number of nitriles is 1. The Morgan fingerprint density at radius 3 is 2.72 bits per heavy atom. The number of carbonyl (C=O) groups excluding carboxylic acids is 1. The molecule has 0 unspecified atom stereocenters. The highest BCUT2D eigenvalue weighted by atomic mass is 35.5. The first-order chi connectivity index (χ1) is 15.5. The maximum Gasteiger partial charge on any atom is 0.272 e. The van der Waals surface area contributed by atoms with Gasteiger partial charge in [0.1, 0.15) is 11.8 Å². The predicted molar refractivity (Wildman–Crippen MR) is 122 cm³/mol. The summed E-state index contributed by atoms with van der Waals surface area (Å²) in [6, 6.07) is 11.3. The largest absolute Gasteiger partial charge is 0.490 e. The summed E-state index contributed by atoms with van der Waals surface area (Å²) in [5.74, 6) is 1.27. The zero-order valence-electron chi connectivity index (χ0n) is 18.1. The summed E-state index contributed by atoms with van der Waals surface area (Å²) in [5.41, 5.74) is 0.770. The molecule has 1 aliphatic heterocycles. The zero-order chi connectivity index (χ0) is 22.5. The van der Waals surface area contributed by atoms with E-state index in [0.29, 0.717) is 28.1 Å². The zero-order valence-corrected chi connectivity index (χ0v) is 18.8. The van der Waals surface area contributed by atoms with Crippen molar-refractivity contribution in [3.8, 4) is 11.8 Å². The number of halogens is 1. The third-order valence-electron chi connectivity index (χ3n) is 5.95. The monoisotopic (exact) mass is 454 g/mol. The molecule has 2 aromatic rings. The molecular formula is C23H27ClN6O2. The first-order valence-corrected chi connectivity index (χ1v) is 11.4. The van der Waals surface area contributed by atoms with Gasteiger partial charge in [-0.1, -0.05) is 11.6 Å². The van der Waals surface area contributed by atoms with E-state index >= 15 is 0 Å². The van der Waals surface area contributed by atoms with Crippen molar-refractivity contribution in [3.05, 3.63) is 46.6 Å². The Balaban J connectivity index is 1.25. The van der Waals surface area contributed by atoms with Crippen LogP contribution in [0.5, 0.6) is 5.75 Å². The van der Waals surface area contributed by atoms with Crippen molar-refractivity contribution in [2.24, 2.45) is 0 Å². The fraction of sp³-hybridized carbons (Fsp3) is 0.478. The molecule has 168 valence electrons. The third kappa shape index (κ3) is 5.47. The average molecular weight is 455 g/mol. The van der Waals surface area contributed by atoms with E-state index in [4.69, 9.17) is 21.6 Å². The Bertz CT molecular complexity index is 985. The van der Waals surface area contributed by atoms with Crippen molar-refractivity contribution in [2.75, 3.05) is 24.5 Å². The van der Waals surface area contributed by atoms with Crippen LogP contribution in [0.1, 0.15) is 48.7 Å². The molecule has 32 heavy (non-hydrogen) atoms. The number of hydrogen-bond acceptors (Lipinski definition) is 7. The molecule has 1 saturated carbocycles. The number of rotatable bonds is 5. The average Bonchev–Trinajstić information content (AvgIpc) is 2.80. The number of aromatic nitrogens is 2. The van der Waals surface area contributed by atoms with E-state index < -0.39 is 0 Å². The topological polar surface area (TPSA) is 103 Å². The number of piperazine rings is 1. The fourth-order valence-electron chi connectivity index (χ4n) is 4.19. The molecule has 1 saturated heterocycles. The molecule has 2 aliphatic rings. The molecule has 1 amide bonds. The quantitative estimate of drug-likeness (QED) is 0.715. The van der Waals surface area contributed by atoms with Crippen LogP contribution in [0.3, 0.4) is 0 Å². The highest BCUT2D eigenvalue weighted by Crippen LogP contribution is 2.27. The van der Waals surface area contributed by atoms with Gasteiger partial charge in [0.2, 0.25) is 0 Å². The lowest BCUT2D eigenvalue weighted by atomic mass is 9.93. The van der Waals surface area contributed by atoms with Crippen LogP contribution in [-0.2, 0) is 0 Å². The van der Waals surface area contributed by atoms with Crippen LogP contribution in [0.2, 0.25) is 5.02 Å². The highest BCUT2D eigenvalue weighted by Gasteiger charge is 2.25. The lowest BCUT2D eigenvalue weighted by Gasteiger charge is -2.32. The van der Waals surface area contributed by atoms with Gasteiger partial charge in [0.05, 0.1) is 16.7 Å². The van der Waals surface area contributed by atoms with Gasteiger partial charge in [0, 0.05) is 37.8 Å². The lowest BCUT2D eigenvalue weighted by Crippen LogP contribution is -2.49. The Labute approximate surface area is 192 Å². The number of nitrogens with one attached hydrogen (secondary N) is 2. The number of anilines is 1. The number of carbonyl (C=O) groups is 1. The van der Waals surface area contributed by atoms with Gasteiger partial charge in [-0.3, -0.25) is 4.79 Å². The van der Waals surface area contributed by atoms with Gasteiger partial charge in [-0.2, -0.15) is 5.26 Å². The van der Waals surface area contributed by atoms with Crippen LogP contribution in [0.4, 0.5) is 5.82 Å². The van der Waals surface area contributed by atoms with Gasteiger partial charge in [-0.15, -0.1) is 10.2 Å². The van der Waals surface area contributed by atoms with E-state index in [-0.39, 0.29) is 18.1 Å². The maximum atomic E-state index is 12.6. The normalized spacial score (nSPS) is 23.3. The second-order valence-electron chi connectivity index (χ2n) is 8.40. The number of amides is 1. The Kier molecular flexibility index (Phi) is 7.08. The molecule has 9 heteroatoms. The molecule has 2 fully saturated rings. The van der Waals surface area contributed by atoms with Gasteiger partial charge < -0.3 is 20.3 Å². The van der Waals surface area contributed by atoms with Gasteiger partial charge in [-0.05, 0) is 56.9 Å². The minimum absolute atomic E-state index is 0.0626. The van der Waals surface area contributed by atoms with E-state index in [9.17, 15) is 4.79 Å². The van der Waals surface area contributed by atoms with Crippen molar-refractivity contribution >= 4 is 23.3 Å². The van der Waals surface area contributed by atoms with Crippen molar-refractivity contribution in [1.82, 2.24) is 20.8 Å². The Morgan fingerprint density at radius 2 is 2.06 bits per heavy atom. The number of ether oxygens (including phenoxy) is 1. The molecule has 0 spiro atoms. The highest BCUT2D eigenvalue weighted by molar-refractivity contribution is 6.31. The first kappa shape index (κ1) is 22.3. The summed E-state index contributed by atoms with van der Waals surface area (Å²) in [4.78, 5) is 14.8. The van der Waals surface area contributed by atoms with Gasteiger partial charge >= 0.3 is 0 Å². The standard InChI is InChI=1S/C23H27ClN6O2/c1-15-14-30(11-10-26-15)22-9-8-21(28-29-22)23(31)27-17-3-6-18(7-4-17)32-19-5-2-16(13-25)20(24)12-19/h2,5,8-9,12,15,17-18,26H,3-4,6-7,10-11,14H2,1H3,(H,27,31)/t15-,17?,18?/m1/s1. The van der Waals surface area contributed by atoms with E-state index in [1.807, 2.05) is 12.1 Å². The minimum Gasteiger partial charge on any atom is -0.490 e. The molecule has 2 heterocycles. The molecule has 1 aliphatic carbocycles. The summed E-state index contributed by atoms with van der Waals surface area (Å²) in [6.45, 7) is 4.81. The summed E-state index contributed by atoms with van der Waals surface area (Å²) in [5, 5.41) is 24.3. The van der Waals surface area contributed by atoms with Crippen LogP contribution in [0.25, 0.3) is 0 Å². The smallest absolute Gasteiger partial charge is 0.272 e. The third-order valence-corrected chi connectivity index (χ3v) is 6.26. The summed E-state index contributed by atoms with van der Waals surface area (Å²) in [7, 11) is 0. The van der Waals surface area contributed by atoms with E-state index in [0.717, 1.165) is 51.1 Å². The second-order valence-corrected chi connectivity index (χ2v) is 8.80. The lowest BCUT2D eigenvalue weighted by molar-refractivity contribution is 0.0888. The Hall–Kier alpha value is -2.89. The first-order valence-electron chi connectivity index (χ1n) is 11.0. The minimum atomic E-state index is -0.194. The van der Waals surface area contributed by atoms with Crippen LogP contribution in [0.15, 0.2) is 30.3 Å². The Morgan fingerprint density at radius 1 is 1.25 bits per heavy atom. The van der Waals surface area contributed by atoms with Crippen molar-refractivity contribution in [1.29, 1.82) is 5.26 Å². The molecule has 2 N–H and O–H groups in total. The predicted octanol–water partition coefficient (Wildman–Crippen LogP) is 2.92. The maximum absolute atomic E-state index is 12.6. The van der Waals surface area contributed by atoms with E-state index in [1.165, 1.54) is 0 Å². The van der Waals surface area contributed by atoms with Crippen LogP contribution < -0.4 is 20.3 Å². The molecular weight excluding hydrogens is 428 g/mol. The molecule has 1 aromatic heterocycles. The van der Waals surface area contributed by atoms with E-state index in [1.54, 1.807) is 24.3 Å². The van der Waals surface area contributed by atoms with Crippen LogP contribution in [-0.4, -0.2) is 53.9 Å². The summed E-state index contributed by atoms with van der Waals surface area (Å²) in [6.07, 6.45) is 3.37. The fourth-order valence-corrected chi connectivity index (χ4v) is 4.40. The van der Waals surface area contributed by atoms with Crippen LogP contribution >= 0.6 is 11.6 Å². The number of benzene rings is 1.